The largest absolute Gasteiger partial charge is 0.316 e. The zero-order valence-corrected chi connectivity index (χ0v) is 15.9. The third-order valence-corrected chi connectivity index (χ3v) is 6.03. The number of benzene rings is 1. The van der Waals surface area contributed by atoms with Crippen LogP contribution in [0.1, 0.15) is 58.3 Å². The van der Waals surface area contributed by atoms with Gasteiger partial charge in [0.1, 0.15) is 0 Å². The van der Waals surface area contributed by atoms with Gasteiger partial charge in [-0.1, -0.05) is 64.0 Å². The van der Waals surface area contributed by atoms with Crippen LogP contribution in [0.25, 0.3) is 0 Å². The molecule has 0 saturated heterocycles. The Balaban J connectivity index is 2.13. The average molecular weight is 372 g/mol. The molecule has 0 fully saturated rings. The van der Waals surface area contributed by atoms with Gasteiger partial charge in [-0.05, 0) is 41.5 Å². The van der Waals surface area contributed by atoms with Gasteiger partial charge in [-0.15, -0.1) is 11.8 Å². The first-order valence-corrected chi connectivity index (χ1v) is 10.1. The molecule has 0 heterocycles. The highest BCUT2D eigenvalue weighted by atomic mass is 79.9. The molecule has 1 aromatic rings. The minimum atomic E-state index is 0.623. The fourth-order valence-corrected chi connectivity index (χ4v) is 4.13. The molecule has 0 bridgehead atoms. The number of nitrogens with one attached hydrogen (secondary N) is 1. The van der Waals surface area contributed by atoms with E-state index in [1.165, 1.54) is 60.7 Å². The smallest absolute Gasteiger partial charge is 0.0311 e. The first-order chi connectivity index (χ1) is 10.3. The molecule has 1 nitrogen and oxygen atoms in total. The first kappa shape index (κ1) is 19.1. The Hall–Kier alpha value is 0.01000. The Bertz CT molecular complexity index is 370. The number of thioether (sulfide) groups is 1. The van der Waals surface area contributed by atoms with Crippen molar-refractivity contribution in [1.82, 2.24) is 5.32 Å². The van der Waals surface area contributed by atoms with Gasteiger partial charge in [0.15, 0.2) is 0 Å². The number of halogens is 1. The number of rotatable bonds is 12. The summed E-state index contributed by atoms with van der Waals surface area (Å²) in [5.74, 6) is 1.15. The van der Waals surface area contributed by atoms with Gasteiger partial charge in [-0.25, -0.2) is 0 Å². The first-order valence-electron chi connectivity index (χ1n) is 8.32. The third-order valence-electron chi connectivity index (χ3n) is 3.84. The lowest BCUT2D eigenvalue weighted by atomic mass is 10.1. The van der Waals surface area contributed by atoms with Gasteiger partial charge in [-0.2, -0.15) is 0 Å². The minimum absolute atomic E-state index is 0.623. The molecule has 21 heavy (non-hydrogen) atoms. The van der Waals surface area contributed by atoms with Crippen molar-refractivity contribution in [3.05, 3.63) is 28.7 Å². The highest BCUT2D eigenvalue weighted by molar-refractivity contribution is 9.10. The Kier molecular flexibility index (Phi) is 11.4. The van der Waals surface area contributed by atoms with Gasteiger partial charge in [0.2, 0.25) is 0 Å². The lowest BCUT2D eigenvalue weighted by Crippen LogP contribution is -2.27. The monoisotopic (exact) mass is 371 g/mol. The standard InChI is InChI=1S/C18H30BrNS/c1-3-4-5-6-7-8-9-12-16(20-2)15-21-18-14-11-10-13-17(18)19/h10-11,13-14,16,20H,3-9,12,15H2,1-2H3. The van der Waals surface area contributed by atoms with Crippen molar-refractivity contribution in [2.24, 2.45) is 0 Å². The maximum Gasteiger partial charge on any atom is 0.0311 e. The summed E-state index contributed by atoms with van der Waals surface area (Å²) < 4.78 is 1.21. The van der Waals surface area contributed by atoms with Crippen molar-refractivity contribution in [1.29, 1.82) is 0 Å². The lowest BCUT2D eigenvalue weighted by Gasteiger charge is -2.16. The molecule has 3 heteroatoms. The molecule has 0 aliphatic heterocycles. The van der Waals surface area contributed by atoms with Crippen LogP contribution in [0.3, 0.4) is 0 Å². The number of hydrogen-bond donors (Lipinski definition) is 1. The van der Waals surface area contributed by atoms with E-state index in [9.17, 15) is 0 Å². The molecule has 0 aliphatic carbocycles. The molecule has 1 aromatic carbocycles. The summed E-state index contributed by atoms with van der Waals surface area (Å²) in [5.41, 5.74) is 0. The number of hydrogen-bond acceptors (Lipinski definition) is 2. The van der Waals surface area contributed by atoms with Gasteiger partial charge in [0, 0.05) is 21.2 Å². The van der Waals surface area contributed by atoms with E-state index in [2.05, 4.69) is 59.5 Å². The normalized spacial score (nSPS) is 12.5. The minimum Gasteiger partial charge on any atom is -0.316 e. The summed E-state index contributed by atoms with van der Waals surface area (Å²) in [4.78, 5) is 1.34. The molecular formula is C18H30BrNS. The van der Waals surface area contributed by atoms with Crippen molar-refractivity contribution in [3.8, 4) is 0 Å². The Morgan fingerprint density at radius 1 is 1.05 bits per heavy atom. The van der Waals surface area contributed by atoms with Gasteiger partial charge in [0.25, 0.3) is 0 Å². The molecule has 0 amide bonds. The molecule has 1 N–H and O–H groups in total. The van der Waals surface area contributed by atoms with Crippen LogP contribution in [0.15, 0.2) is 33.6 Å². The highest BCUT2D eigenvalue weighted by Gasteiger charge is 2.08. The zero-order valence-electron chi connectivity index (χ0n) is 13.5. The van der Waals surface area contributed by atoms with Gasteiger partial charge >= 0.3 is 0 Å². The second kappa shape index (κ2) is 12.5. The lowest BCUT2D eigenvalue weighted by molar-refractivity contribution is 0.511. The zero-order chi connectivity index (χ0) is 15.3. The van der Waals surface area contributed by atoms with Crippen LogP contribution in [0.5, 0.6) is 0 Å². The van der Waals surface area contributed by atoms with Crippen molar-refractivity contribution in [2.45, 2.75) is 69.2 Å². The van der Waals surface area contributed by atoms with E-state index in [1.807, 2.05) is 11.8 Å². The van der Waals surface area contributed by atoms with E-state index < -0.39 is 0 Å². The van der Waals surface area contributed by atoms with Crippen molar-refractivity contribution >= 4 is 27.7 Å². The molecule has 1 unspecified atom stereocenters. The van der Waals surface area contributed by atoms with Gasteiger partial charge in [-0.3, -0.25) is 0 Å². The maximum atomic E-state index is 3.62. The summed E-state index contributed by atoms with van der Waals surface area (Å²) in [5, 5.41) is 3.47. The van der Waals surface area contributed by atoms with Crippen LogP contribution >= 0.6 is 27.7 Å². The van der Waals surface area contributed by atoms with Crippen molar-refractivity contribution in [3.63, 3.8) is 0 Å². The summed E-state index contributed by atoms with van der Waals surface area (Å²) in [6, 6.07) is 9.11. The fourth-order valence-electron chi connectivity index (χ4n) is 2.41. The van der Waals surface area contributed by atoms with E-state index in [-0.39, 0.29) is 0 Å². The van der Waals surface area contributed by atoms with E-state index in [0.29, 0.717) is 6.04 Å². The molecular weight excluding hydrogens is 342 g/mol. The predicted octanol–water partition coefficient (Wildman–Crippen LogP) is 6.27. The molecule has 0 aliphatic rings. The van der Waals surface area contributed by atoms with Crippen LogP contribution in [0.4, 0.5) is 0 Å². The molecule has 0 spiro atoms. The van der Waals surface area contributed by atoms with E-state index >= 15 is 0 Å². The van der Waals surface area contributed by atoms with Gasteiger partial charge < -0.3 is 5.32 Å². The summed E-state index contributed by atoms with van der Waals surface area (Å²) in [6.45, 7) is 2.28. The van der Waals surface area contributed by atoms with E-state index in [4.69, 9.17) is 0 Å². The molecule has 0 aromatic heterocycles. The molecule has 1 rings (SSSR count). The second-order valence-electron chi connectivity index (χ2n) is 5.64. The second-order valence-corrected chi connectivity index (χ2v) is 7.55. The Morgan fingerprint density at radius 3 is 2.38 bits per heavy atom. The van der Waals surface area contributed by atoms with E-state index in [0.717, 1.165) is 5.75 Å². The number of unbranched alkanes of at least 4 members (excludes halogenated alkanes) is 6. The molecule has 120 valence electrons. The average Bonchev–Trinajstić information content (AvgIpc) is 2.51. The van der Waals surface area contributed by atoms with Crippen LogP contribution in [0, 0.1) is 0 Å². The Morgan fingerprint density at radius 2 is 1.71 bits per heavy atom. The van der Waals surface area contributed by atoms with Crippen LogP contribution in [0.2, 0.25) is 0 Å². The van der Waals surface area contributed by atoms with E-state index in [1.54, 1.807) is 0 Å². The van der Waals surface area contributed by atoms with Crippen LogP contribution in [-0.4, -0.2) is 18.8 Å². The quantitative estimate of drug-likeness (QED) is 0.343. The fraction of sp³-hybridized carbons (Fsp3) is 0.667. The SMILES string of the molecule is CCCCCCCCCC(CSc1ccccc1Br)NC. The Labute approximate surface area is 143 Å². The summed E-state index contributed by atoms with van der Waals surface area (Å²) in [7, 11) is 2.09. The topological polar surface area (TPSA) is 12.0 Å². The molecule has 0 saturated carbocycles. The van der Waals surface area contributed by atoms with Gasteiger partial charge in [0.05, 0.1) is 0 Å². The summed E-state index contributed by atoms with van der Waals surface area (Å²) in [6.07, 6.45) is 11.0. The van der Waals surface area contributed by atoms with Crippen molar-refractivity contribution < 1.29 is 0 Å². The summed E-state index contributed by atoms with van der Waals surface area (Å²) >= 11 is 5.57. The highest BCUT2D eigenvalue weighted by Crippen LogP contribution is 2.28. The predicted molar refractivity (Wildman–Crippen MR) is 100 cm³/mol. The maximum absolute atomic E-state index is 3.62. The van der Waals surface area contributed by atoms with Crippen LogP contribution < -0.4 is 5.32 Å². The van der Waals surface area contributed by atoms with Crippen LogP contribution in [-0.2, 0) is 0 Å². The third kappa shape index (κ3) is 8.90. The molecule has 0 radical (unpaired) electrons. The van der Waals surface area contributed by atoms with Crippen molar-refractivity contribution in [2.75, 3.05) is 12.8 Å². The molecule has 1 atom stereocenters.